The molecule has 2 unspecified atom stereocenters. The largest absolute Gasteiger partial charge is 0.467 e. The molecule has 4 heterocycles. The molecule has 0 aliphatic carbocycles. The van der Waals surface area contributed by atoms with Gasteiger partial charge in [0, 0.05) is 18.5 Å². The van der Waals surface area contributed by atoms with E-state index < -0.39 is 0 Å². The first-order valence-electron chi connectivity index (χ1n) is 10.9. The minimum absolute atomic E-state index is 0.500. The number of nitrogens with zero attached hydrogens (tertiary/aromatic N) is 6. The zero-order chi connectivity index (χ0) is 22.1. The lowest BCUT2D eigenvalue weighted by atomic mass is 9.92. The summed E-state index contributed by atoms with van der Waals surface area (Å²) in [6.07, 6.45) is 2.94. The Morgan fingerprint density at radius 2 is 1.88 bits per heavy atom. The van der Waals surface area contributed by atoms with E-state index in [0.717, 1.165) is 40.9 Å². The van der Waals surface area contributed by atoms with Crippen LogP contribution in [-0.4, -0.2) is 37.8 Å². The van der Waals surface area contributed by atoms with Crippen molar-refractivity contribution < 1.29 is 4.42 Å². The Labute approximate surface area is 191 Å². The molecule has 1 fully saturated rings. The number of nitrogen functional groups attached to an aromatic ring is 1. The first kappa shape index (κ1) is 20.8. The molecule has 0 radical (unpaired) electrons. The highest BCUT2D eigenvalue weighted by Crippen LogP contribution is 2.30. The molecular weight excluding hydrogens is 422 g/mol. The Kier molecular flexibility index (Phi) is 5.73. The van der Waals surface area contributed by atoms with Gasteiger partial charge in [0.15, 0.2) is 5.16 Å². The summed E-state index contributed by atoms with van der Waals surface area (Å²) >= 11 is 1.57. The second kappa shape index (κ2) is 8.82. The Hall–Kier alpha value is -3.07. The zero-order valence-corrected chi connectivity index (χ0v) is 19.1. The summed E-state index contributed by atoms with van der Waals surface area (Å²) in [5, 5.41) is 10.8. The number of benzene rings is 1. The van der Waals surface area contributed by atoms with Crippen LogP contribution in [0.1, 0.15) is 31.9 Å². The SMILES string of the molecule is CC1CC(C)CN(c2nnc(SCc3nc(N)c4ccccc4n3)n2Cc2ccco2)C1. The van der Waals surface area contributed by atoms with Crippen LogP contribution in [0, 0.1) is 11.8 Å². The van der Waals surface area contributed by atoms with Crippen LogP contribution in [0.15, 0.2) is 52.2 Å². The number of anilines is 2. The maximum absolute atomic E-state index is 6.16. The van der Waals surface area contributed by atoms with Crippen molar-refractivity contribution in [3.8, 4) is 0 Å². The van der Waals surface area contributed by atoms with Crippen LogP contribution in [0.25, 0.3) is 10.9 Å². The Balaban J connectivity index is 1.42. The van der Waals surface area contributed by atoms with E-state index in [4.69, 9.17) is 10.2 Å². The molecule has 0 amide bonds. The molecule has 9 heteroatoms. The average molecular weight is 450 g/mol. The fourth-order valence-electron chi connectivity index (χ4n) is 4.49. The molecule has 5 rings (SSSR count). The number of fused-ring (bicyclic) bond motifs is 1. The van der Waals surface area contributed by atoms with Gasteiger partial charge in [-0.2, -0.15) is 0 Å². The molecule has 1 aliphatic heterocycles. The van der Waals surface area contributed by atoms with Gasteiger partial charge in [-0.25, -0.2) is 9.97 Å². The standard InChI is InChI=1S/C23H27N7OS/c1-15-10-16(2)12-29(11-15)22-27-28-23(30(22)13-17-6-5-9-31-17)32-14-20-25-19-8-4-3-7-18(19)21(24)26-20/h3-9,15-16H,10-14H2,1-2H3,(H2,24,25,26). The molecule has 166 valence electrons. The van der Waals surface area contributed by atoms with Crippen LogP contribution in [-0.2, 0) is 12.3 Å². The lowest BCUT2D eigenvalue weighted by molar-refractivity contribution is 0.350. The molecule has 1 aliphatic rings. The average Bonchev–Trinajstić information content (AvgIpc) is 3.42. The maximum atomic E-state index is 6.16. The molecule has 4 aromatic rings. The van der Waals surface area contributed by atoms with Gasteiger partial charge in [-0.3, -0.25) is 4.57 Å². The number of furan rings is 1. The number of piperidine rings is 1. The molecule has 1 aromatic carbocycles. The Morgan fingerprint density at radius 3 is 2.66 bits per heavy atom. The normalized spacial score (nSPS) is 19.0. The van der Waals surface area contributed by atoms with Gasteiger partial charge in [-0.05, 0) is 42.5 Å². The van der Waals surface area contributed by atoms with Crippen molar-refractivity contribution in [3.63, 3.8) is 0 Å². The highest BCUT2D eigenvalue weighted by Gasteiger charge is 2.27. The van der Waals surface area contributed by atoms with Crippen LogP contribution in [0.2, 0.25) is 0 Å². The van der Waals surface area contributed by atoms with Gasteiger partial charge in [0.05, 0.1) is 24.1 Å². The maximum Gasteiger partial charge on any atom is 0.228 e. The molecule has 0 saturated carbocycles. The molecule has 1 saturated heterocycles. The summed E-state index contributed by atoms with van der Waals surface area (Å²) in [5.41, 5.74) is 7.01. The van der Waals surface area contributed by atoms with E-state index in [2.05, 4.69) is 43.5 Å². The highest BCUT2D eigenvalue weighted by atomic mass is 32.2. The monoisotopic (exact) mass is 449 g/mol. The lowest BCUT2D eigenvalue weighted by Crippen LogP contribution is -2.40. The molecule has 2 atom stereocenters. The van der Waals surface area contributed by atoms with Gasteiger partial charge in [0.25, 0.3) is 0 Å². The van der Waals surface area contributed by atoms with Crippen LogP contribution >= 0.6 is 11.8 Å². The molecule has 0 bridgehead atoms. The van der Waals surface area contributed by atoms with Gasteiger partial charge in [0.2, 0.25) is 5.95 Å². The molecule has 8 nitrogen and oxygen atoms in total. The number of hydrogen-bond acceptors (Lipinski definition) is 8. The van der Waals surface area contributed by atoms with Gasteiger partial charge in [-0.1, -0.05) is 37.7 Å². The predicted molar refractivity (Wildman–Crippen MR) is 127 cm³/mol. The second-order valence-electron chi connectivity index (χ2n) is 8.63. The first-order valence-corrected chi connectivity index (χ1v) is 11.9. The number of rotatable bonds is 6. The lowest BCUT2D eigenvalue weighted by Gasteiger charge is -2.35. The van der Waals surface area contributed by atoms with Gasteiger partial charge < -0.3 is 15.1 Å². The van der Waals surface area contributed by atoms with E-state index in [0.29, 0.717) is 35.8 Å². The third-order valence-electron chi connectivity index (χ3n) is 5.75. The van der Waals surface area contributed by atoms with Crippen molar-refractivity contribution >= 4 is 34.4 Å². The van der Waals surface area contributed by atoms with Crippen molar-refractivity contribution in [1.29, 1.82) is 0 Å². The minimum Gasteiger partial charge on any atom is -0.467 e. The van der Waals surface area contributed by atoms with Crippen molar-refractivity contribution in [1.82, 2.24) is 24.7 Å². The number of para-hydroxylation sites is 1. The summed E-state index contributed by atoms with van der Waals surface area (Å²) in [5.74, 6) is 4.74. The second-order valence-corrected chi connectivity index (χ2v) is 9.57. The number of thioether (sulfide) groups is 1. The van der Waals surface area contributed by atoms with E-state index in [1.54, 1.807) is 18.0 Å². The quantitative estimate of drug-likeness (QED) is 0.437. The third-order valence-corrected chi connectivity index (χ3v) is 6.72. The summed E-state index contributed by atoms with van der Waals surface area (Å²) in [6, 6.07) is 11.7. The van der Waals surface area contributed by atoms with Crippen LogP contribution in [0.5, 0.6) is 0 Å². The van der Waals surface area contributed by atoms with Crippen LogP contribution in [0.3, 0.4) is 0 Å². The summed E-state index contributed by atoms with van der Waals surface area (Å²) < 4.78 is 7.77. The van der Waals surface area contributed by atoms with E-state index in [1.807, 2.05) is 36.4 Å². The van der Waals surface area contributed by atoms with Gasteiger partial charge in [-0.15, -0.1) is 10.2 Å². The number of nitrogens with two attached hydrogens (primary N) is 1. The van der Waals surface area contributed by atoms with E-state index in [9.17, 15) is 0 Å². The summed E-state index contributed by atoms with van der Waals surface area (Å²) in [4.78, 5) is 11.5. The van der Waals surface area contributed by atoms with Gasteiger partial charge in [0.1, 0.15) is 17.4 Å². The first-order chi connectivity index (χ1) is 15.6. The minimum atomic E-state index is 0.500. The van der Waals surface area contributed by atoms with Crippen LogP contribution in [0.4, 0.5) is 11.8 Å². The predicted octanol–water partition coefficient (Wildman–Crippen LogP) is 4.22. The molecule has 32 heavy (non-hydrogen) atoms. The zero-order valence-electron chi connectivity index (χ0n) is 18.3. The van der Waals surface area contributed by atoms with Crippen molar-refractivity contribution in [2.75, 3.05) is 23.7 Å². The highest BCUT2D eigenvalue weighted by molar-refractivity contribution is 7.98. The van der Waals surface area contributed by atoms with Crippen molar-refractivity contribution in [2.24, 2.45) is 11.8 Å². The van der Waals surface area contributed by atoms with Crippen LogP contribution < -0.4 is 10.6 Å². The van der Waals surface area contributed by atoms with E-state index in [-0.39, 0.29) is 0 Å². The number of aromatic nitrogens is 5. The van der Waals surface area contributed by atoms with Crippen molar-refractivity contribution in [2.45, 2.75) is 37.7 Å². The van der Waals surface area contributed by atoms with E-state index in [1.165, 1.54) is 6.42 Å². The van der Waals surface area contributed by atoms with E-state index >= 15 is 0 Å². The topological polar surface area (TPSA) is 98.9 Å². The molecular formula is C23H27N7OS. The molecule has 2 N–H and O–H groups in total. The molecule has 3 aromatic heterocycles. The fourth-order valence-corrected chi connectivity index (χ4v) is 5.28. The summed E-state index contributed by atoms with van der Waals surface area (Å²) in [6.45, 7) is 7.14. The smallest absolute Gasteiger partial charge is 0.228 e. The Bertz CT molecular complexity index is 1200. The van der Waals surface area contributed by atoms with Gasteiger partial charge >= 0.3 is 0 Å². The summed E-state index contributed by atoms with van der Waals surface area (Å²) in [7, 11) is 0. The van der Waals surface area contributed by atoms with Crippen molar-refractivity contribution in [3.05, 3.63) is 54.2 Å². The number of hydrogen-bond donors (Lipinski definition) is 1. The third kappa shape index (κ3) is 4.29. The Morgan fingerprint density at radius 1 is 1.06 bits per heavy atom. The molecule has 0 spiro atoms. The fraction of sp³-hybridized carbons (Fsp3) is 0.391.